The van der Waals surface area contributed by atoms with E-state index in [0.717, 1.165) is 64.0 Å². The summed E-state index contributed by atoms with van der Waals surface area (Å²) in [6.07, 6.45) is 5.75. The van der Waals surface area contributed by atoms with Crippen LogP contribution in [0.5, 0.6) is 0 Å². The average molecular weight is 529 g/mol. The van der Waals surface area contributed by atoms with Gasteiger partial charge in [-0.3, -0.25) is 4.79 Å². The van der Waals surface area contributed by atoms with Gasteiger partial charge in [0.1, 0.15) is 34.7 Å². The summed E-state index contributed by atoms with van der Waals surface area (Å²) in [5.41, 5.74) is 2.51. The molecular formula is C30H33FN6O2. The van der Waals surface area contributed by atoms with Crippen molar-refractivity contribution < 1.29 is 9.13 Å². The number of anilines is 2. The van der Waals surface area contributed by atoms with E-state index in [2.05, 4.69) is 22.0 Å². The van der Waals surface area contributed by atoms with Crippen LogP contribution >= 0.6 is 0 Å². The number of benzene rings is 1. The summed E-state index contributed by atoms with van der Waals surface area (Å²) in [5, 5.41) is 19.4. The molecule has 1 saturated carbocycles. The number of hydrogen-bond acceptors (Lipinski definition) is 7. The van der Waals surface area contributed by atoms with E-state index < -0.39 is 0 Å². The highest BCUT2D eigenvalue weighted by Gasteiger charge is 2.32. The van der Waals surface area contributed by atoms with Gasteiger partial charge in [0.15, 0.2) is 0 Å². The van der Waals surface area contributed by atoms with E-state index >= 15 is 0 Å². The van der Waals surface area contributed by atoms with Crippen LogP contribution in [0.25, 0.3) is 11.0 Å². The lowest BCUT2D eigenvalue weighted by Crippen LogP contribution is -2.46. The van der Waals surface area contributed by atoms with Crippen LogP contribution < -0.4 is 15.4 Å². The largest absolute Gasteiger partial charge is 0.381 e. The molecule has 1 atom stereocenters. The van der Waals surface area contributed by atoms with Crippen LogP contribution in [-0.4, -0.2) is 48.4 Å². The smallest absolute Gasteiger partial charge is 0.270 e. The summed E-state index contributed by atoms with van der Waals surface area (Å²) in [6.45, 7) is 2.44. The van der Waals surface area contributed by atoms with Crippen LogP contribution in [0.1, 0.15) is 49.8 Å². The highest BCUT2D eigenvalue weighted by atomic mass is 19.1. The van der Waals surface area contributed by atoms with Crippen LogP contribution in [0.4, 0.5) is 15.8 Å². The van der Waals surface area contributed by atoms with Crippen LogP contribution in [0.2, 0.25) is 0 Å². The first-order chi connectivity index (χ1) is 18.9. The van der Waals surface area contributed by atoms with E-state index in [9.17, 15) is 19.7 Å². The number of nitrogens with zero attached hydrogens (tertiary/aromatic N) is 6. The quantitative estimate of drug-likeness (QED) is 0.465. The van der Waals surface area contributed by atoms with E-state index in [1.807, 2.05) is 24.1 Å². The van der Waals surface area contributed by atoms with Crippen LogP contribution in [0, 0.1) is 34.4 Å². The number of aromatic nitrogens is 2. The molecule has 0 bridgehead atoms. The second kappa shape index (κ2) is 11.4. The summed E-state index contributed by atoms with van der Waals surface area (Å²) in [5.74, 6) is 0.197. The summed E-state index contributed by atoms with van der Waals surface area (Å²) < 4.78 is 20.9. The van der Waals surface area contributed by atoms with E-state index in [1.165, 1.54) is 16.7 Å². The number of halogens is 1. The van der Waals surface area contributed by atoms with Crippen molar-refractivity contribution >= 4 is 22.4 Å². The third kappa shape index (κ3) is 5.32. The molecule has 2 fully saturated rings. The van der Waals surface area contributed by atoms with Gasteiger partial charge >= 0.3 is 0 Å². The van der Waals surface area contributed by atoms with Gasteiger partial charge in [-0.1, -0.05) is 0 Å². The third-order valence-electron chi connectivity index (χ3n) is 8.32. The number of pyridine rings is 2. The zero-order valence-electron chi connectivity index (χ0n) is 22.4. The Labute approximate surface area is 227 Å². The van der Waals surface area contributed by atoms with Crippen molar-refractivity contribution in [3.8, 4) is 12.1 Å². The predicted molar refractivity (Wildman–Crippen MR) is 148 cm³/mol. The van der Waals surface area contributed by atoms with E-state index in [1.54, 1.807) is 19.2 Å². The molecule has 0 radical (unpaired) electrons. The summed E-state index contributed by atoms with van der Waals surface area (Å²) in [7, 11) is 3.54. The van der Waals surface area contributed by atoms with Gasteiger partial charge in [-0.05, 0) is 80.8 Å². The zero-order chi connectivity index (χ0) is 27.5. The fourth-order valence-corrected chi connectivity index (χ4v) is 6.17. The van der Waals surface area contributed by atoms with E-state index in [-0.39, 0.29) is 28.7 Å². The molecule has 9 heteroatoms. The number of ether oxygens (including phenoxy) is 1. The molecule has 3 aromatic rings. The standard InChI is InChI=1S/C30H33FN6O2/c1-35(29-26(17-33)30(38)36(2)27-14-7-22(16-32)34-28(27)29)23-10-12-25(13-11-23)37(18-20-4-3-15-39-19-20)24-8-5-21(31)6-9-24/h5-9,14,20,23,25H,3-4,10-13,15,18-19H2,1-2H3/t20?,23-,25-. The van der Waals surface area contributed by atoms with Crippen LogP contribution in [0.15, 0.2) is 41.2 Å². The molecule has 5 rings (SSSR count). The number of rotatable bonds is 6. The molecular weight excluding hydrogens is 495 g/mol. The van der Waals surface area contributed by atoms with Gasteiger partial charge < -0.3 is 19.1 Å². The number of aryl methyl sites for hydroxylation is 1. The van der Waals surface area contributed by atoms with Gasteiger partial charge in [0.2, 0.25) is 0 Å². The first-order valence-corrected chi connectivity index (χ1v) is 13.6. The second-order valence-corrected chi connectivity index (χ2v) is 10.7. The van der Waals surface area contributed by atoms with Crippen molar-refractivity contribution in [1.29, 1.82) is 10.5 Å². The summed E-state index contributed by atoms with van der Waals surface area (Å²) in [4.78, 5) is 22.0. The van der Waals surface area contributed by atoms with Crippen molar-refractivity contribution in [2.75, 3.05) is 36.6 Å². The normalized spacial score (nSPS) is 21.2. The molecule has 202 valence electrons. The Hall–Kier alpha value is -3.95. The van der Waals surface area contributed by atoms with Gasteiger partial charge in [0.25, 0.3) is 5.56 Å². The summed E-state index contributed by atoms with van der Waals surface area (Å²) in [6, 6.07) is 14.6. The maximum absolute atomic E-state index is 13.7. The van der Waals surface area contributed by atoms with Crippen LogP contribution in [0.3, 0.4) is 0 Å². The van der Waals surface area contributed by atoms with Gasteiger partial charge in [-0.2, -0.15) is 10.5 Å². The molecule has 1 aliphatic heterocycles. The Morgan fingerprint density at radius 2 is 1.77 bits per heavy atom. The molecule has 1 aromatic carbocycles. The SMILES string of the molecule is Cn1c(=O)c(C#N)c(N(C)[C@H]2CC[C@H](N(CC3CCCOC3)c3ccc(F)cc3)CC2)c2nc(C#N)ccc21. The van der Waals surface area contributed by atoms with Gasteiger partial charge in [-0.25, -0.2) is 9.37 Å². The Morgan fingerprint density at radius 3 is 2.41 bits per heavy atom. The minimum atomic E-state index is -0.371. The minimum Gasteiger partial charge on any atom is -0.381 e. The molecule has 8 nitrogen and oxygen atoms in total. The maximum atomic E-state index is 13.7. The Bertz CT molecular complexity index is 1480. The van der Waals surface area contributed by atoms with E-state index in [4.69, 9.17) is 4.74 Å². The third-order valence-corrected chi connectivity index (χ3v) is 8.32. The Morgan fingerprint density at radius 1 is 1.05 bits per heavy atom. The highest BCUT2D eigenvalue weighted by molar-refractivity contribution is 5.92. The van der Waals surface area contributed by atoms with Crippen molar-refractivity contribution in [2.45, 2.75) is 50.6 Å². The molecule has 0 N–H and O–H groups in total. The first kappa shape index (κ1) is 26.6. The van der Waals surface area contributed by atoms with Gasteiger partial charge in [0, 0.05) is 45.0 Å². The fraction of sp³-hybridized carbons (Fsp3) is 0.467. The zero-order valence-corrected chi connectivity index (χ0v) is 22.4. The Kier molecular flexibility index (Phi) is 7.81. The Balaban J connectivity index is 1.41. The van der Waals surface area contributed by atoms with Crippen LogP contribution in [-0.2, 0) is 11.8 Å². The van der Waals surface area contributed by atoms with Gasteiger partial charge in [0.05, 0.1) is 17.8 Å². The second-order valence-electron chi connectivity index (χ2n) is 10.7. The van der Waals surface area contributed by atoms with Crippen molar-refractivity contribution in [3.63, 3.8) is 0 Å². The maximum Gasteiger partial charge on any atom is 0.270 e. The topological polar surface area (TPSA) is 98.2 Å². The van der Waals surface area contributed by atoms with E-state index in [0.29, 0.717) is 28.7 Å². The highest BCUT2D eigenvalue weighted by Crippen LogP contribution is 2.35. The lowest BCUT2D eigenvalue weighted by atomic mass is 9.87. The number of hydrogen-bond donors (Lipinski definition) is 0. The molecule has 3 heterocycles. The van der Waals surface area contributed by atoms with Crippen molar-refractivity contribution in [1.82, 2.24) is 9.55 Å². The molecule has 2 aliphatic rings. The molecule has 1 unspecified atom stereocenters. The average Bonchev–Trinajstić information content (AvgIpc) is 2.98. The first-order valence-electron chi connectivity index (χ1n) is 13.6. The molecule has 39 heavy (non-hydrogen) atoms. The van der Waals surface area contributed by atoms with Crippen molar-refractivity contribution in [2.24, 2.45) is 13.0 Å². The molecule has 1 aliphatic carbocycles. The fourth-order valence-electron chi connectivity index (χ4n) is 6.17. The lowest BCUT2D eigenvalue weighted by Gasteiger charge is -2.43. The lowest BCUT2D eigenvalue weighted by molar-refractivity contribution is 0.0562. The molecule has 0 amide bonds. The van der Waals surface area contributed by atoms with Gasteiger partial charge in [-0.15, -0.1) is 0 Å². The molecule has 0 spiro atoms. The number of fused-ring (bicyclic) bond motifs is 1. The monoisotopic (exact) mass is 528 g/mol. The summed E-state index contributed by atoms with van der Waals surface area (Å²) >= 11 is 0. The number of nitriles is 2. The minimum absolute atomic E-state index is 0.0439. The molecule has 1 saturated heterocycles. The predicted octanol–water partition coefficient (Wildman–Crippen LogP) is 4.50. The molecule has 2 aromatic heterocycles. The van der Waals surface area contributed by atoms with Crippen molar-refractivity contribution in [3.05, 3.63) is 63.8 Å².